The second-order valence-corrected chi connectivity index (χ2v) is 16.5. The zero-order valence-electron chi connectivity index (χ0n) is 27.7. The Labute approximate surface area is 262 Å². The van der Waals surface area contributed by atoms with Gasteiger partial charge in [-0.05, 0) is 114 Å². The minimum atomic E-state index is -0.160. The molecule has 10 unspecified atom stereocenters. The number of hydrogen-bond donors (Lipinski definition) is 0. The Morgan fingerprint density at radius 2 is 0.744 bits per heavy atom. The van der Waals surface area contributed by atoms with Crippen molar-refractivity contribution in [2.45, 2.75) is 169 Å². The van der Waals surface area contributed by atoms with E-state index in [0.717, 1.165) is 61.2 Å². The summed E-state index contributed by atoms with van der Waals surface area (Å²) >= 11 is 7.42. The van der Waals surface area contributed by atoms with Gasteiger partial charge >= 0.3 is 0 Å². The monoisotopic (exact) mass is 682 g/mol. The average Bonchev–Trinajstić information content (AvgIpc) is 2.77. The Bertz CT molecular complexity index is 499. The van der Waals surface area contributed by atoms with Crippen molar-refractivity contribution in [3.8, 4) is 0 Å². The van der Waals surface area contributed by atoms with E-state index in [2.05, 4.69) is 101 Å². The molecule has 0 aliphatic heterocycles. The molecule has 0 saturated heterocycles. The van der Waals surface area contributed by atoms with Gasteiger partial charge in [0.05, 0.1) is 0 Å². The van der Waals surface area contributed by atoms with E-state index in [-0.39, 0.29) is 12.6 Å². The molecule has 0 aromatic rings. The third-order valence-corrected chi connectivity index (χ3v) is 8.70. The first kappa shape index (κ1) is 39.8. The van der Waals surface area contributed by atoms with E-state index in [9.17, 15) is 0 Å². The van der Waals surface area contributed by atoms with Gasteiger partial charge in [0.2, 0.25) is 0 Å². The summed E-state index contributed by atoms with van der Waals surface area (Å²) in [7, 11) is 0. The van der Waals surface area contributed by atoms with Crippen LogP contribution < -0.4 is 0 Å². The van der Waals surface area contributed by atoms with Crippen LogP contribution in [-0.4, -0.2) is 35.4 Å². The molecule has 3 nitrogen and oxygen atoms in total. The highest BCUT2D eigenvalue weighted by Gasteiger charge is 2.20. The van der Waals surface area contributed by atoms with Gasteiger partial charge in [0.25, 0.3) is 0 Å². The molecule has 0 heterocycles. The molecule has 10 atom stereocenters. The third-order valence-electron chi connectivity index (χ3n) is 7.96. The molecule has 0 radical (unpaired) electrons. The van der Waals surface area contributed by atoms with Crippen molar-refractivity contribution in [2.24, 2.45) is 35.5 Å². The molecule has 5 heteroatoms. The van der Waals surface area contributed by atoms with Gasteiger partial charge in [-0.1, -0.05) is 100 Å². The second kappa shape index (κ2) is 24.3. The Morgan fingerprint density at radius 3 is 1.05 bits per heavy atom. The molecular weight excluding hydrogens is 616 g/mol. The maximum Gasteiger partial charge on any atom is 0.160 e. The molecule has 0 rings (SSSR count). The standard InChI is InChI=1S/C34H68Br2O3/c1-11-37-33(17-13-15-25(3)19-27(5)21-29(7)23-31(9)35)39-34(38-12-2)18-14-16-26(4)20-28(6)22-30(8)24-32(10)36/h25-34H,11-24H2,1-10H3. The van der Waals surface area contributed by atoms with Crippen LogP contribution in [0.4, 0.5) is 0 Å². The fourth-order valence-electron chi connectivity index (χ4n) is 6.67. The first-order valence-corrected chi connectivity index (χ1v) is 18.4. The maximum atomic E-state index is 6.38. The highest BCUT2D eigenvalue weighted by Crippen LogP contribution is 2.28. The van der Waals surface area contributed by atoms with Gasteiger partial charge in [-0.15, -0.1) is 0 Å². The van der Waals surface area contributed by atoms with Crippen LogP contribution in [0.1, 0.15) is 146 Å². The van der Waals surface area contributed by atoms with Crippen molar-refractivity contribution >= 4 is 31.9 Å². The number of ether oxygens (including phenoxy) is 3. The summed E-state index contributed by atoms with van der Waals surface area (Å²) in [5.74, 6) is 4.64. The molecule has 0 amide bonds. The van der Waals surface area contributed by atoms with Crippen LogP contribution in [0.15, 0.2) is 0 Å². The number of hydrogen-bond acceptors (Lipinski definition) is 3. The molecule has 0 fully saturated rings. The fourth-order valence-corrected chi connectivity index (χ4v) is 7.94. The highest BCUT2D eigenvalue weighted by molar-refractivity contribution is 9.09. The van der Waals surface area contributed by atoms with Crippen molar-refractivity contribution in [2.75, 3.05) is 13.2 Å². The first-order chi connectivity index (χ1) is 18.4. The molecule has 39 heavy (non-hydrogen) atoms. The van der Waals surface area contributed by atoms with Crippen LogP contribution in [-0.2, 0) is 14.2 Å². The molecule has 0 bridgehead atoms. The zero-order chi connectivity index (χ0) is 29.8. The van der Waals surface area contributed by atoms with Gasteiger partial charge in [-0.3, -0.25) is 0 Å². The van der Waals surface area contributed by atoms with Gasteiger partial charge in [0, 0.05) is 22.9 Å². The first-order valence-electron chi connectivity index (χ1n) is 16.5. The molecular formula is C34H68Br2O3. The van der Waals surface area contributed by atoms with Crippen molar-refractivity contribution in [1.82, 2.24) is 0 Å². The fraction of sp³-hybridized carbons (Fsp3) is 1.00. The third kappa shape index (κ3) is 24.0. The molecule has 0 saturated carbocycles. The van der Waals surface area contributed by atoms with Crippen LogP contribution in [0.25, 0.3) is 0 Å². The lowest BCUT2D eigenvalue weighted by molar-refractivity contribution is -0.247. The SMILES string of the molecule is CCOC(CCCC(C)CC(C)CC(C)CC(C)Br)OC(CCCC(C)CC(C)CC(C)CC(C)Br)OCC. The summed E-state index contributed by atoms with van der Waals surface area (Å²) in [5.41, 5.74) is 0. The summed E-state index contributed by atoms with van der Waals surface area (Å²) in [6.45, 7) is 24.5. The molecule has 0 spiro atoms. The quantitative estimate of drug-likeness (QED) is 0.0671. The van der Waals surface area contributed by atoms with Crippen LogP contribution >= 0.6 is 31.9 Å². The van der Waals surface area contributed by atoms with Crippen LogP contribution in [0.3, 0.4) is 0 Å². The summed E-state index contributed by atoms with van der Waals surface area (Å²) < 4.78 is 18.4. The lowest BCUT2D eigenvalue weighted by Gasteiger charge is -2.26. The number of rotatable bonds is 26. The smallest absolute Gasteiger partial charge is 0.160 e. The summed E-state index contributed by atoms with van der Waals surface area (Å²) in [4.78, 5) is 1.24. The Kier molecular flexibility index (Phi) is 24.8. The van der Waals surface area contributed by atoms with Gasteiger partial charge in [-0.25, -0.2) is 0 Å². The molecule has 0 aromatic carbocycles. The summed E-state index contributed by atoms with van der Waals surface area (Å²) in [6.07, 6.45) is 14.2. The largest absolute Gasteiger partial charge is 0.353 e. The predicted octanol–water partition coefficient (Wildman–Crippen LogP) is 11.8. The van der Waals surface area contributed by atoms with E-state index in [1.807, 2.05) is 0 Å². The highest BCUT2D eigenvalue weighted by atomic mass is 79.9. The Balaban J connectivity index is 4.46. The Morgan fingerprint density at radius 1 is 0.436 bits per heavy atom. The topological polar surface area (TPSA) is 27.7 Å². The minimum absolute atomic E-state index is 0.160. The lowest BCUT2D eigenvalue weighted by Crippen LogP contribution is -2.27. The van der Waals surface area contributed by atoms with Crippen molar-refractivity contribution in [3.63, 3.8) is 0 Å². The lowest BCUT2D eigenvalue weighted by atomic mass is 9.86. The summed E-state index contributed by atoms with van der Waals surface area (Å²) in [6, 6.07) is 0. The normalized spacial score (nSPS) is 20.0. The van der Waals surface area contributed by atoms with Crippen molar-refractivity contribution in [3.05, 3.63) is 0 Å². The minimum Gasteiger partial charge on any atom is -0.353 e. The molecule has 0 aromatic heterocycles. The van der Waals surface area contributed by atoms with E-state index in [4.69, 9.17) is 14.2 Å². The summed E-state index contributed by atoms with van der Waals surface area (Å²) in [5, 5.41) is 0. The van der Waals surface area contributed by atoms with E-state index in [1.165, 1.54) is 51.4 Å². The van der Waals surface area contributed by atoms with E-state index >= 15 is 0 Å². The molecule has 0 N–H and O–H groups in total. The average molecular weight is 685 g/mol. The molecule has 0 aliphatic carbocycles. The number of alkyl halides is 2. The van der Waals surface area contributed by atoms with E-state index in [0.29, 0.717) is 22.9 Å². The van der Waals surface area contributed by atoms with E-state index in [1.54, 1.807) is 0 Å². The Hall–Kier alpha value is 0.840. The van der Waals surface area contributed by atoms with Crippen molar-refractivity contribution < 1.29 is 14.2 Å². The predicted molar refractivity (Wildman–Crippen MR) is 179 cm³/mol. The maximum absolute atomic E-state index is 6.38. The van der Waals surface area contributed by atoms with E-state index < -0.39 is 0 Å². The van der Waals surface area contributed by atoms with Crippen LogP contribution in [0.5, 0.6) is 0 Å². The van der Waals surface area contributed by atoms with Gasteiger partial charge in [-0.2, -0.15) is 0 Å². The molecule has 0 aliphatic rings. The van der Waals surface area contributed by atoms with Crippen LogP contribution in [0, 0.1) is 35.5 Å². The molecule has 236 valence electrons. The van der Waals surface area contributed by atoms with Crippen molar-refractivity contribution in [1.29, 1.82) is 0 Å². The number of halogens is 2. The zero-order valence-corrected chi connectivity index (χ0v) is 30.8. The second-order valence-electron chi connectivity index (χ2n) is 13.4. The van der Waals surface area contributed by atoms with Gasteiger partial charge in [0.1, 0.15) is 0 Å². The van der Waals surface area contributed by atoms with Gasteiger partial charge < -0.3 is 14.2 Å². The van der Waals surface area contributed by atoms with Gasteiger partial charge in [0.15, 0.2) is 12.6 Å². The van der Waals surface area contributed by atoms with Crippen LogP contribution in [0.2, 0.25) is 0 Å².